The molecule has 2 heteroatoms. The van der Waals surface area contributed by atoms with Crippen LogP contribution >= 0.6 is 0 Å². The van der Waals surface area contributed by atoms with Crippen molar-refractivity contribution in [2.75, 3.05) is 6.54 Å². The van der Waals surface area contributed by atoms with Gasteiger partial charge in [0.15, 0.2) is 0 Å². The van der Waals surface area contributed by atoms with Crippen molar-refractivity contribution in [1.29, 1.82) is 0 Å². The molecule has 2 aromatic rings. The minimum atomic E-state index is -0.448. The number of aliphatic hydroxyl groups excluding tert-OH is 1. The summed E-state index contributed by atoms with van der Waals surface area (Å²) in [6.07, 6.45) is 0.622. The molecule has 0 saturated carbocycles. The normalized spacial score (nSPS) is 12.3. The summed E-state index contributed by atoms with van der Waals surface area (Å²) in [5.74, 6) is 0. The predicted molar refractivity (Wildman–Crippen MR) is 78.9 cm³/mol. The fourth-order valence-corrected chi connectivity index (χ4v) is 2.04. The lowest BCUT2D eigenvalue weighted by molar-refractivity contribution is 0.174. The molecule has 0 unspecified atom stereocenters. The lowest BCUT2D eigenvalue weighted by Crippen LogP contribution is -2.21. The van der Waals surface area contributed by atoms with E-state index in [0.29, 0.717) is 6.54 Å². The third kappa shape index (κ3) is 4.19. The molecule has 0 aromatic heterocycles. The van der Waals surface area contributed by atoms with Gasteiger partial charge in [0.25, 0.3) is 0 Å². The topological polar surface area (TPSA) is 32.3 Å². The second kappa shape index (κ2) is 7.07. The lowest BCUT2D eigenvalue weighted by Gasteiger charge is -2.12. The highest BCUT2D eigenvalue weighted by molar-refractivity contribution is 5.22. The quantitative estimate of drug-likeness (QED) is 0.831. The van der Waals surface area contributed by atoms with Gasteiger partial charge >= 0.3 is 0 Å². The summed E-state index contributed by atoms with van der Waals surface area (Å²) >= 11 is 0. The molecule has 0 aliphatic carbocycles. The zero-order valence-corrected chi connectivity index (χ0v) is 11.3. The van der Waals surface area contributed by atoms with Gasteiger partial charge in [-0.3, -0.25) is 0 Å². The first kappa shape index (κ1) is 13.8. The van der Waals surface area contributed by atoms with Gasteiger partial charge in [0.1, 0.15) is 0 Å². The molecule has 2 rings (SSSR count). The summed E-state index contributed by atoms with van der Waals surface area (Å²) in [6, 6.07) is 18.3. The molecular formula is C17H21NO. The van der Waals surface area contributed by atoms with Gasteiger partial charge in [-0.2, -0.15) is 0 Å². The molecule has 0 bridgehead atoms. The molecule has 19 heavy (non-hydrogen) atoms. The van der Waals surface area contributed by atoms with E-state index in [0.717, 1.165) is 18.5 Å². The smallest absolute Gasteiger partial charge is 0.0914 e. The molecule has 0 heterocycles. The molecule has 0 saturated heterocycles. The second-order valence-corrected chi connectivity index (χ2v) is 4.73. The van der Waals surface area contributed by atoms with Crippen molar-refractivity contribution in [3.8, 4) is 0 Å². The Labute approximate surface area is 115 Å². The number of aliphatic hydroxyl groups is 1. The Morgan fingerprint density at radius 1 is 0.947 bits per heavy atom. The highest BCUT2D eigenvalue weighted by atomic mass is 16.3. The maximum Gasteiger partial charge on any atom is 0.0914 e. The number of hydrogen-bond acceptors (Lipinski definition) is 2. The van der Waals surface area contributed by atoms with E-state index >= 15 is 0 Å². The molecule has 0 radical (unpaired) electrons. The predicted octanol–water partition coefficient (Wildman–Crippen LogP) is 3.07. The average Bonchev–Trinajstić information content (AvgIpc) is 2.49. The molecule has 0 fully saturated rings. The molecule has 0 amide bonds. The number of hydrogen-bond donors (Lipinski definition) is 2. The first-order valence-electron chi connectivity index (χ1n) is 6.81. The van der Waals surface area contributed by atoms with Gasteiger partial charge in [-0.25, -0.2) is 0 Å². The van der Waals surface area contributed by atoms with Crippen molar-refractivity contribution >= 4 is 0 Å². The van der Waals surface area contributed by atoms with Crippen molar-refractivity contribution in [1.82, 2.24) is 5.32 Å². The van der Waals surface area contributed by atoms with Crippen LogP contribution < -0.4 is 5.32 Å². The third-order valence-corrected chi connectivity index (χ3v) is 3.28. The SMILES string of the molecule is CCc1ccc(CNC[C@@H](O)c2ccccc2)cc1. The zero-order chi connectivity index (χ0) is 13.5. The number of aryl methyl sites for hydroxylation is 1. The van der Waals surface area contributed by atoms with Crippen molar-refractivity contribution in [2.45, 2.75) is 26.0 Å². The van der Waals surface area contributed by atoms with Crippen molar-refractivity contribution in [3.05, 3.63) is 71.3 Å². The molecule has 0 aliphatic rings. The molecule has 0 aliphatic heterocycles. The van der Waals surface area contributed by atoms with Crippen LogP contribution in [-0.2, 0) is 13.0 Å². The summed E-state index contributed by atoms with van der Waals surface area (Å²) in [5, 5.41) is 13.3. The van der Waals surface area contributed by atoms with Crippen LogP contribution in [0.4, 0.5) is 0 Å². The van der Waals surface area contributed by atoms with Gasteiger partial charge in [-0.05, 0) is 23.1 Å². The van der Waals surface area contributed by atoms with E-state index in [1.165, 1.54) is 11.1 Å². The Morgan fingerprint density at radius 3 is 2.21 bits per heavy atom. The van der Waals surface area contributed by atoms with E-state index in [9.17, 15) is 5.11 Å². The van der Waals surface area contributed by atoms with Gasteiger partial charge in [-0.15, -0.1) is 0 Å². The Bertz CT molecular complexity index is 478. The zero-order valence-electron chi connectivity index (χ0n) is 11.3. The Balaban J connectivity index is 1.79. The minimum Gasteiger partial charge on any atom is -0.387 e. The molecule has 2 aromatic carbocycles. The minimum absolute atomic E-state index is 0.448. The summed E-state index contributed by atoms with van der Waals surface area (Å²) in [5.41, 5.74) is 3.56. The number of nitrogens with one attached hydrogen (secondary N) is 1. The average molecular weight is 255 g/mol. The first-order valence-corrected chi connectivity index (χ1v) is 6.81. The maximum absolute atomic E-state index is 10.0. The monoisotopic (exact) mass is 255 g/mol. The van der Waals surface area contributed by atoms with Crippen LogP contribution in [-0.4, -0.2) is 11.7 Å². The van der Waals surface area contributed by atoms with E-state index < -0.39 is 6.10 Å². The van der Waals surface area contributed by atoms with Crippen molar-refractivity contribution < 1.29 is 5.11 Å². The third-order valence-electron chi connectivity index (χ3n) is 3.28. The number of benzene rings is 2. The van der Waals surface area contributed by atoms with Crippen LogP contribution in [0.2, 0.25) is 0 Å². The van der Waals surface area contributed by atoms with Crippen LogP contribution in [0.15, 0.2) is 54.6 Å². The first-order chi connectivity index (χ1) is 9.29. The molecule has 100 valence electrons. The fraction of sp³-hybridized carbons (Fsp3) is 0.294. The maximum atomic E-state index is 10.0. The van der Waals surface area contributed by atoms with Crippen molar-refractivity contribution in [3.63, 3.8) is 0 Å². The Kier molecular flexibility index (Phi) is 5.13. The van der Waals surface area contributed by atoms with E-state index in [1.54, 1.807) is 0 Å². The van der Waals surface area contributed by atoms with Gasteiger partial charge in [0.2, 0.25) is 0 Å². The fourth-order valence-electron chi connectivity index (χ4n) is 2.04. The Hall–Kier alpha value is -1.64. The highest BCUT2D eigenvalue weighted by Gasteiger charge is 2.05. The number of rotatable bonds is 6. The van der Waals surface area contributed by atoms with Gasteiger partial charge in [0.05, 0.1) is 6.10 Å². The molecule has 2 nitrogen and oxygen atoms in total. The van der Waals surface area contributed by atoms with Crippen molar-refractivity contribution in [2.24, 2.45) is 0 Å². The van der Waals surface area contributed by atoms with E-state index in [1.807, 2.05) is 30.3 Å². The van der Waals surface area contributed by atoms with Gasteiger partial charge < -0.3 is 10.4 Å². The summed E-state index contributed by atoms with van der Waals surface area (Å²) < 4.78 is 0. The van der Waals surface area contributed by atoms with E-state index in [2.05, 4.69) is 36.5 Å². The highest BCUT2D eigenvalue weighted by Crippen LogP contribution is 2.11. The molecular weight excluding hydrogens is 234 g/mol. The van der Waals surface area contributed by atoms with E-state index in [4.69, 9.17) is 0 Å². The van der Waals surface area contributed by atoms with Crippen LogP contribution in [0, 0.1) is 0 Å². The van der Waals surface area contributed by atoms with Gasteiger partial charge in [-0.1, -0.05) is 61.5 Å². The lowest BCUT2D eigenvalue weighted by atomic mass is 10.1. The summed E-state index contributed by atoms with van der Waals surface area (Å²) in [6.45, 7) is 3.51. The van der Waals surface area contributed by atoms with Crippen LogP contribution in [0.1, 0.15) is 29.7 Å². The molecule has 1 atom stereocenters. The van der Waals surface area contributed by atoms with Gasteiger partial charge in [0, 0.05) is 13.1 Å². The second-order valence-electron chi connectivity index (χ2n) is 4.73. The van der Waals surface area contributed by atoms with E-state index in [-0.39, 0.29) is 0 Å². The molecule has 0 spiro atoms. The Morgan fingerprint density at radius 2 is 1.58 bits per heavy atom. The van der Waals surface area contributed by atoms with Crippen LogP contribution in [0.5, 0.6) is 0 Å². The summed E-state index contributed by atoms with van der Waals surface area (Å²) in [4.78, 5) is 0. The molecule has 2 N–H and O–H groups in total. The standard InChI is InChI=1S/C17H21NO/c1-2-14-8-10-15(11-9-14)12-18-13-17(19)16-6-4-3-5-7-16/h3-11,17-19H,2,12-13H2,1H3/t17-/m1/s1. The van der Waals surface area contributed by atoms with Crippen LogP contribution in [0.25, 0.3) is 0 Å². The largest absolute Gasteiger partial charge is 0.387 e. The summed E-state index contributed by atoms with van der Waals surface area (Å²) in [7, 11) is 0. The van der Waals surface area contributed by atoms with Crippen LogP contribution in [0.3, 0.4) is 0 Å².